The summed E-state index contributed by atoms with van der Waals surface area (Å²) in [6.45, 7) is 6.64. The molecule has 0 spiro atoms. The van der Waals surface area contributed by atoms with Crippen LogP contribution in [0.5, 0.6) is 0 Å². The van der Waals surface area contributed by atoms with Crippen molar-refractivity contribution < 1.29 is 23.9 Å². The number of cyclic esters (lactones) is 1. The van der Waals surface area contributed by atoms with Gasteiger partial charge in [0, 0.05) is 17.9 Å². The van der Waals surface area contributed by atoms with Crippen LogP contribution in [0, 0.1) is 0 Å². The molecule has 0 saturated carbocycles. The van der Waals surface area contributed by atoms with Crippen LogP contribution in [0.25, 0.3) is 0 Å². The zero-order valence-corrected chi connectivity index (χ0v) is 25.5. The number of hydrogen-bond donors (Lipinski definition) is 2. The molecule has 0 bridgehead atoms. The molecule has 3 saturated heterocycles. The zero-order valence-electron chi connectivity index (χ0n) is 21.3. The predicted octanol–water partition coefficient (Wildman–Crippen LogP) is 3.34. The fourth-order valence-electron chi connectivity index (χ4n) is 3.30. The number of carbonyl (C=O) groups excluding carboxylic acids is 4. The van der Waals surface area contributed by atoms with Crippen LogP contribution in [-0.4, -0.2) is 84.0 Å². The molecule has 8 nitrogen and oxygen atoms in total. The average Bonchev–Trinajstić information content (AvgIpc) is 3.53. The third-order valence-corrected chi connectivity index (χ3v) is 8.16. The molecular formula is C24H38N3O5S3Se. The Morgan fingerprint density at radius 3 is 1.94 bits per heavy atom. The Morgan fingerprint density at radius 1 is 0.944 bits per heavy atom. The summed E-state index contributed by atoms with van der Waals surface area (Å²) < 4.78 is 5.72. The van der Waals surface area contributed by atoms with Crippen LogP contribution in [0.3, 0.4) is 0 Å². The van der Waals surface area contributed by atoms with E-state index in [1.54, 1.807) is 0 Å². The van der Waals surface area contributed by atoms with E-state index < -0.39 is 0 Å². The molecule has 1 amide bonds. The minimum atomic E-state index is -0.243. The number of nitrogens with zero attached hydrogens (tertiary/aromatic N) is 1. The van der Waals surface area contributed by atoms with E-state index in [0.29, 0.717) is 13.0 Å². The first-order valence-corrected chi connectivity index (χ1v) is 15.8. The van der Waals surface area contributed by atoms with Gasteiger partial charge in [0.25, 0.3) is 0 Å². The topological polar surface area (TPSA) is 114 Å². The standard InChI is InChI=1S/C8H13NO2S.C8H12NO2Se.C8H13NOS2/c1-2-3-7(10)9-6-4-5-12-8(6)11;1-2-3-7(12)9-6-4-5-11-8(6)10;1-2-3-7(11)9-6-4-5-12-8(6)10/h6H,2-5H2,1H3,(H,9,10);6H,2-5H2,1H3;6H,2-5H2,1H3,(H,9,11). The van der Waals surface area contributed by atoms with E-state index >= 15 is 0 Å². The summed E-state index contributed by atoms with van der Waals surface area (Å²) in [6, 6.07) is -0.462. The second-order valence-electron chi connectivity index (χ2n) is 8.40. The van der Waals surface area contributed by atoms with E-state index in [1.165, 1.54) is 23.5 Å². The van der Waals surface area contributed by atoms with Crippen LogP contribution < -0.4 is 10.6 Å². The Kier molecular flexibility index (Phi) is 17.6. The van der Waals surface area contributed by atoms with Gasteiger partial charge in [0.05, 0.1) is 17.1 Å². The summed E-state index contributed by atoms with van der Waals surface area (Å²) >= 11 is 10.7. The number of ether oxygens (including phenoxy) is 1. The first-order valence-electron chi connectivity index (χ1n) is 12.5. The predicted molar refractivity (Wildman–Crippen MR) is 153 cm³/mol. The van der Waals surface area contributed by atoms with Crippen LogP contribution >= 0.6 is 35.7 Å². The number of carbonyl (C=O) groups is 4. The number of nitrogens with one attached hydrogen (secondary N) is 2. The van der Waals surface area contributed by atoms with E-state index in [2.05, 4.69) is 45.5 Å². The van der Waals surface area contributed by atoms with Crippen LogP contribution in [-0.2, 0) is 23.9 Å². The van der Waals surface area contributed by atoms with Crippen molar-refractivity contribution in [3.63, 3.8) is 0 Å². The maximum atomic E-state index is 11.2. The normalized spacial score (nSPS) is 23.2. The van der Waals surface area contributed by atoms with Crippen molar-refractivity contribution in [3.8, 4) is 0 Å². The van der Waals surface area contributed by atoms with Crippen molar-refractivity contribution in [2.24, 2.45) is 4.99 Å². The van der Waals surface area contributed by atoms with Crippen LogP contribution in [0.1, 0.15) is 78.6 Å². The zero-order chi connectivity index (χ0) is 26.9. The van der Waals surface area contributed by atoms with Gasteiger partial charge in [-0.2, -0.15) is 0 Å². The number of hydrogen-bond acceptors (Lipinski definition) is 9. The van der Waals surface area contributed by atoms with Crippen molar-refractivity contribution in [2.75, 3.05) is 18.1 Å². The Labute approximate surface area is 236 Å². The van der Waals surface area contributed by atoms with Gasteiger partial charge in [-0.15, -0.1) is 0 Å². The fraction of sp³-hybridized carbons (Fsp3) is 0.750. The molecule has 3 fully saturated rings. The SMILES string of the molecule is CCCC(=O)NC1CCSC1=O.CCCC(=S)NC1CCSC1=O.CCCC([Se])=NC1CCOC1=O. The quantitative estimate of drug-likeness (QED) is 0.173. The molecule has 3 atom stereocenters. The molecule has 0 aliphatic carbocycles. The Bertz CT molecular complexity index is 755. The molecule has 3 heterocycles. The molecule has 2 N–H and O–H groups in total. The maximum absolute atomic E-state index is 11.2. The Morgan fingerprint density at radius 2 is 1.50 bits per heavy atom. The molecule has 36 heavy (non-hydrogen) atoms. The van der Waals surface area contributed by atoms with Gasteiger partial charge in [-0.05, 0) is 32.1 Å². The van der Waals surface area contributed by atoms with Crippen molar-refractivity contribution in [2.45, 2.75) is 96.7 Å². The third-order valence-electron chi connectivity index (χ3n) is 5.17. The molecule has 0 aromatic rings. The molecule has 203 valence electrons. The molecule has 1 radical (unpaired) electrons. The van der Waals surface area contributed by atoms with Crippen LogP contribution in [0.15, 0.2) is 4.99 Å². The van der Waals surface area contributed by atoms with Gasteiger partial charge in [-0.1, -0.05) is 49.6 Å². The first-order chi connectivity index (χ1) is 17.2. The first kappa shape index (κ1) is 33.1. The van der Waals surface area contributed by atoms with Gasteiger partial charge >= 0.3 is 80.0 Å². The summed E-state index contributed by atoms with van der Waals surface area (Å²) in [4.78, 5) is 49.3. The molecule has 3 rings (SSSR count). The Balaban J connectivity index is 0.000000270. The van der Waals surface area contributed by atoms with Crippen molar-refractivity contribution >= 4 is 83.5 Å². The van der Waals surface area contributed by atoms with E-state index in [9.17, 15) is 19.2 Å². The number of rotatable bonds is 9. The fourth-order valence-corrected chi connectivity index (χ4v) is 6.20. The average molecular weight is 624 g/mol. The van der Waals surface area contributed by atoms with Gasteiger partial charge in [0.2, 0.25) is 16.1 Å². The summed E-state index contributed by atoms with van der Waals surface area (Å²) in [6.07, 6.45) is 7.70. The number of amides is 1. The second-order valence-corrected chi connectivity index (χ2v) is 12.1. The van der Waals surface area contributed by atoms with Crippen molar-refractivity contribution in [1.82, 2.24) is 10.6 Å². The van der Waals surface area contributed by atoms with E-state index in [-0.39, 0.29) is 40.2 Å². The number of thioether (sulfide) groups is 2. The van der Waals surface area contributed by atoms with Gasteiger partial charge in [-0.25, -0.2) is 0 Å². The minimum absolute atomic E-state index is 0.00153. The molecule has 0 aromatic heterocycles. The van der Waals surface area contributed by atoms with Crippen molar-refractivity contribution in [3.05, 3.63) is 0 Å². The molecular weight excluding hydrogens is 585 g/mol. The summed E-state index contributed by atoms with van der Waals surface area (Å²) in [7, 11) is 0. The summed E-state index contributed by atoms with van der Waals surface area (Å²) in [5.41, 5.74) is 0. The molecule has 3 unspecified atom stereocenters. The number of esters is 1. The third kappa shape index (κ3) is 13.6. The second kappa shape index (κ2) is 19.2. The summed E-state index contributed by atoms with van der Waals surface area (Å²) in [5, 5.41) is 6.17. The van der Waals surface area contributed by atoms with Crippen molar-refractivity contribution in [1.29, 1.82) is 0 Å². The van der Waals surface area contributed by atoms with E-state index in [1.807, 2.05) is 6.92 Å². The molecule has 3 aliphatic rings. The van der Waals surface area contributed by atoms with Crippen LogP contribution in [0.2, 0.25) is 0 Å². The molecule has 3 aliphatic heterocycles. The monoisotopic (exact) mass is 624 g/mol. The van der Waals surface area contributed by atoms with Gasteiger partial charge in [-0.3, -0.25) is 14.4 Å². The Hall–Kier alpha value is -0.941. The van der Waals surface area contributed by atoms with Gasteiger partial charge in [0.1, 0.15) is 0 Å². The van der Waals surface area contributed by atoms with Crippen LogP contribution in [0.4, 0.5) is 0 Å². The summed E-state index contributed by atoms with van der Waals surface area (Å²) in [5.74, 6) is 1.60. The molecule has 0 aromatic carbocycles. The van der Waals surface area contributed by atoms with E-state index in [0.717, 1.165) is 72.5 Å². The molecule has 12 heteroatoms. The van der Waals surface area contributed by atoms with Gasteiger partial charge < -0.3 is 10.6 Å². The number of aliphatic imine (C=N–C) groups is 1. The number of thiocarbonyl (C=S) groups is 1. The van der Waals surface area contributed by atoms with E-state index in [4.69, 9.17) is 17.0 Å². The van der Waals surface area contributed by atoms with Gasteiger partial charge in [0.15, 0.2) is 0 Å².